The van der Waals surface area contributed by atoms with Crippen LogP contribution in [0.1, 0.15) is 12.8 Å². The molecule has 0 amide bonds. The minimum absolute atomic E-state index is 0.0597. The maximum atomic E-state index is 10.9. The van der Waals surface area contributed by atoms with Crippen molar-refractivity contribution in [2.75, 3.05) is 25.7 Å². The first-order valence-electron chi connectivity index (χ1n) is 4.74. The van der Waals surface area contributed by atoms with E-state index in [-0.39, 0.29) is 12.5 Å². The van der Waals surface area contributed by atoms with Crippen LogP contribution >= 0.6 is 11.6 Å². The highest BCUT2D eigenvalue weighted by Crippen LogP contribution is 2.21. The van der Waals surface area contributed by atoms with Gasteiger partial charge in [0.05, 0.1) is 6.61 Å². The normalized spacial score (nSPS) is 20.6. The van der Waals surface area contributed by atoms with Crippen LogP contribution in [0.3, 0.4) is 0 Å². The molecule has 0 aliphatic carbocycles. The fraction of sp³-hybridized carbons (Fsp3) is 0.889. The summed E-state index contributed by atoms with van der Waals surface area (Å²) in [6.07, 6.45) is 0.774. The van der Waals surface area contributed by atoms with Gasteiger partial charge in [-0.1, -0.05) is 0 Å². The van der Waals surface area contributed by atoms with Crippen molar-refractivity contribution in [3.8, 4) is 0 Å². The molecule has 14 heavy (non-hydrogen) atoms. The molecule has 1 rings (SSSR count). The summed E-state index contributed by atoms with van der Waals surface area (Å²) in [5, 5.41) is 8.94. The second-order valence-corrected chi connectivity index (χ2v) is 3.65. The standard InChI is InChI=1S/C9H15ClO4/c10-3-6-14-8(9(11)12)7-1-4-13-5-2-7/h7-8H,1-6H2,(H,11,12). The van der Waals surface area contributed by atoms with Gasteiger partial charge in [0.15, 0.2) is 6.10 Å². The van der Waals surface area contributed by atoms with Crippen LogP contribution in [0.25, 0.3) is 0 Å². The van der Waals surface area contributed by atoms with Crippen LogP contribution < -0.4 is 0 Å². The summed E-state index contributed by atoms with van der Waals surface area (Å²) in [4.78, 5) is 10.9. The molecule has 1 aliphatic heterocycles. The van der Waals surface area contributed by atoms with E-state index in [1.165, 1.54) is 0 Å². The molecule has 1 aliphatic rings. The predicted molar refractivity (Wildman–Crippen MR) is 51.6 cm³/mol. The first-order valence-corrected chi connectivity index (χ1v) is 5.27. The summed E-state index contributed by atoms with van der Waals surface area (Å²) < 4.78 is 10.4. The number of aliphatic carboxylic acids is 1. The summed E-state index contributed by atoms with van der Waals surface area (Å²) in [7, 11) is 0. The maximum absolute atomic E-state index is 10.9. The van der Waals surface area contributed by atoms with Crippen molar-refractivity contribution >= 4 is 17.6 Å². The van der Waals surface area contributed by atoms with E-state index in [4.69, 9.17) is 26.2 Å². The van der Waals surface area contributed by atoms with Gasteiger partial charge < -0.3 is 14.6 Å². The summed E-state index contributed by atoms with van der Waals surface area (Å²) >= 11 is 5.45. The molecule has 4 nitrogen and oxygen atoms in total. The first-order chi connectivity index (χ1) is 6.75. The van der Waals surface area contributed by atoms with Gasteiger partial charge in [0, 0.05) is 25.0 Å². The van der Waals surface area contributed by atoms with Crippen LogP contribution in [0.5, 0.6) is 0 Å². The number of hydrogen-bond acceptors (Lipinski definition) is 3. The van der Waals surface area contributed by atoms with Gasteiger partial charge in [0.2, 0.25) is 0 Å². The quantitative estimate of drug-likeness (QED) is 0.709. The Labute approximate surface area is 88.1 Å². The average molecular weight is 223 g/mol. The van der Waals surface area contributed by atoms with E-state index in [0.717, 1.165) is 12.8 Å². The number of carboxylic acid groups (broad SMARTS) is 1. The Bertz CT molecular complexity index is 180. The van der Waals surface area contributed by atoms with Crippen molar-refractivity contribution in [3.63, 3.8) is 0 Å². The van der Waals surface area contributed by atoms with Crippen molar-refractivity contribution in [2.45, 2.75) is 18.9 Å². The Morgan fingerprint density at radius 1 is 1.57 bits per heavy atom. The third-order valence-corrected chi connectivity index (χ3v) is 2.47. The van der Waals surface area contributed by atoms with Crippen LogP contribution in [0.2, 0.25) is 0 Å². The molecular weight excluding hydrogens is 208 g/mol. The van der Waals surface area contributed by atoms with Gasteiger partial charge in [0.25, 0.3) is 0 Å². The Hall–Kier alpha value is -0.320. The Kier molecular flexibility index (Phi) is 5.22. The average Bonchev–Trinajstić information content (AvgIpc) is 2.19. The lowest BCUT2D eigenvalue weighted by Gasteiger charge is -2.27. The minimum atomic E-state index is -0.901. The van der Waals surface area contributed by atoms with Crippen LogP contribution in [-0.4, -0.2) is 42.9 Å². The molecule has 0 bridgehead atoms. The van der Waals surface area contributed by atoms with Gasteiger partial charge >= 0.3 is 5.97 Å². The van der Waals surface area contributed by atoms with Gasteiger partial charge in [-0.3, -0.25) is 0 Å². The monoisotopic (exact) mass is 222 g/mol. The number of ether oxygens (including phenoxy) is 2. The van der Waals surface area contributed by atoms with E-state index >= 15 is 0 Å². The molecule has 0 aromatic rings. The van der Waals surface area contributed by atoms with Gasteiger partial charge in [0.1, 0.15) is 0 Å². The predicted octanol–water partition coefficient (Wildman–Crippen LogP) is 1.12. The highest BCUT2D eigenvalue weighted by Gasteiger charge is 2.30. The van der Waals surface area contributed by atoms with E-state index in [1.807, 2.05) is 0 Å². The number of carboxylic acids is 1. The molecule has 0 aromatic heterocycles. The molecule has 1 unspecified atom stereocenters. The Morgan fingerprint density at radius 2 is 2.21 bits per heavy atom. The van der Waals surface area contributed by atoms with Gasteiger partial charge in [-0.2, -0.15) is 0 Å². The third kappa shape index (κ3) is 3.44. The molecular formula is C9H15ClO4. The minimum Gasteiger partial charge on any atom is -0.479 e. The lowest BCUT2D eigenvalue weighted by atomic mass is 9.94. The molecule has 1 N–H and O–H groups in total. The van der Waals surface area contributed by atoms with E-state index in [2.05, 4.69) is 0 Å². The molecule has 1 fully saturated rings. The van der Waals surface area contributed by atoms with Crippen LogP contribution in [0, 0.1) is 5.92 Å². The van der Waals surface area contributed by atoms with Crippen LogP contribution in [0.4, 0.5) is 0 Å². The lowest BCUT2D eigenvalue weighted by molar-refractivity contribution is -0.156. The Balaban J connectivity index is 2.43. The summed E-state index contributed by atoms with van der Waals surface area (Å²) in [5.41, 5.74) is 0. The SMILES string of the molecule is O=C(O)C(OCCCl)C1CCOCC1. The lowest BCUT2D eigenvalue weighted by Crippen LogP contribution is -2.36. The molecule has 5 heteroatoms. The van der Waals surface area contributed by atoms with Gasteiger partial charge in [-0.05, 0) is 12.8 Å². The largest absolute Gasteiger partial charge is 0.479 e. The zero-order chi connectivity index (χ0) is 10.4. The van der Waals surface area contributed by atoms with E-state index in [1.54, 1.807) is 0 Å². The van der Waals surface area contributed by atoms with Gasteiger partial charge in [-0.15, -0.1) is 11.6 Å². The zero-order valence-electron chi connectivity index (χ0n) is 7.95. The molecule has 0 saturated carbocycles. The second-order valence-electron chi connectivity index (χ2n) is 3.27. The van der Waals surface area contributed by atoms with Crippen molar-refractivity contribution in [1.29, 1.82) is 0 Å². The highest BCUT2D eigenvalue weighted by molar-refractivity contribution is 6.17. The maximum Gasteiger partial charge on any atom is 0.333 e. The summed E-state index contributed by atoms with van der Waals surface area (Å²) in [6.45, 7) is 1.53. The van der Waals surface area contributed by atoms with Crippen molar-refractivity contribution in [2.24, 2.45) is 5.92 Å². The smallest absolute Gasteiger partial charge is 0.333 e. The molecule has 1 saturated heterocycles. The van der Waals surface area contributed by atoms with Crippen LogP contribution in [-0.2, 0) is 14.3 Å². The molecule has 0 aromatic carbocycles. The summed E-state index contributed by atoms with van der Waals surface area (Å²) in [6, 6.07) is 0. The topological polar surface area (TPSA) is 55.8 Å². The highest BCUT2D eigenvalue weighted by atomic mass is 35.5. The van der Waals surface area contributed by atoms with Crippen LogP contribution in [0.15, 0.2) is 0 Å². The van der Waals surface area contributed by atoms with E-state index < -0.39 is 12.1 Å². The number of carbonyl (C=O) groups is 1. The van der Waals surface area contributed by atoms with E-state index in [9.17, 15) is 4.79 Å². The third-order valence-electron chi connectivity index (χ3n) is 2.31. The fourth-order valence-corrected chi connectivity index (χ4v) is 1.69. The first kappa shape index (κ1) is 11.8. The molecule has 0 spiro atoms. The van der Waals surface area contributed by atoms with Crippen molar-refractivity contribution in [3.05, 3.63) is 0 Å². The molecule has 1 heterocycles. The van der Waals surface area contributed by atoms with Crippen molar-refractivity contribution < 1.29 is 19.4 Å². The zero-order valence-corrected chi connectivity index (χ0v) is 8.70. The molecule has 82 valence electrons. The number of hydrogen-bond donors (Lipinski definition) is 1. The Morgan fingerprint density at radius 3 is 2.71 bits per heavy atom. The summed E-state index contributed by atoms with van der Waals surface area (Å²) in [5.74, 6) is -0.515. The van der Waals surface area contributed by atoms with Crippen molar-refractivity contribution in [1.82, 2.24) is 0 Å². The molecule has 0 radical (unpaired) electrons. The number of rotatable bonds is 5. The van der Waals surface area contributed by atoms with Gasteiger partial charge in [-0.25, -0.2) is 4.79 Å². The fourth-order valence-electron chi connectivity index (χ4n) is 1.60. The molecule has 1 atom stereocenters. The second kappa shape index (κ2) is 6.22. The number of halogens is 1. The van der Waals surface area contributed by atoms with E-state index in [0.29, 0.717) is 19.1 Å². The number of alkyl halides is 1.